The number of benzene rings is 1. The molecule has 0 spiro atoms. The lowest BCUT2D eigenvalue weighted by Crippen LogP contribution is -2.43. The van der Waals surface area contributed by atoms with Crippen LogP contribution in [0.15, 0.2) is 18.2 Å². The number of rotatable bonds is 6. The van der Waals surface area contributed by atoms with Crippen molar-refractivity contribution in [1.82, 2.24) is 10.2 Å². The van der Waals surface area contributed by atoms with E-state index in [0.29, 0.717) is 19.6 Å². The summed E-state index contributed by atoms with van der Waals surface area (Å²) in [5.74, 6) is -0.690. The molecule has 0 aromatic heterocycles. The summed E-state index contributed by atoms with van der Waals surface area (Å²) in [5, 5.41) is 12.4. The maximum Gasteiger partial charge on any atom is 0.246 e. The molecule has 0 unspecified atom stereocenters. The lowest BCUT2D eigenvalue weighted by atomic mass is 10.1. The lowest BCUT2D eigenvalue weighted by molar-refractivity contribution is -0.125. The SMILES string of the molecule is COCC(=O)N[C@@H]1CN(Cc2ccc(Cl)c(F)c2)C[C@H]1CO. The molecule has 1 heterocycles. The van der Waals surface area contributed by atoms with Crippen molar-refractivity contribution >= 4 is 17.5 Å². The number of aliphatic hydroxyl groups is 1. The van der Waals surface area contributed by atoms with E-state index >= 15 is 0 Å². The standard InChI is InChI=1S/C15H20ClFN2O3/c1-22-9-15(21)18-14-7-19(6-11(14)8-20)5-10-2-3-12(16)13(17)4-10/h2-4,11,14,20H,5-9H2,1H3,(H,18,21)/t11-,14+/m0/s1. The molecule has 1 saturated heterocycles. The molecule has 5 nitrogen and oxygen atoms in total. The van der Waals surface area contributed by atoms with E-state index in [-0.39, 0.29) is 36.1 Å². The van der Waals surface area contributed by atoms with Gasteiger partial charge in [-0.25, -0.2) is 4.39 Å². The number of carbonyl (C=O) groups is 1. The van der Waals surface area contributed by atoms with E-state index in [1.807, 2.05) is 0 Å². The number of amides is 1. The molecule has 2 N–H and O–H groups in total. The third-order valence-electron chi connectivity index (χ3n) is 3.76. The second-order valence-electron chi connectivity index (χ2n) is 5.49. The second kappa shape index (κ2) is 7.87. The maximum absolute atomic E-state index is 13.5. The Morgan fingerprint density at radius 2 is 2.32 bits per heavy atom. The molecule has 122 valence electrons. The molecule has 1 aliphatic heterocycles. The zero-order valence-corrected chi connectivity index (χ0v) is 13.1. The normalized spacial score (nSPS) is 22.0. The van der Waals surface area contributed by atoms with Gasteiger partial charge in [-0.1, -0.05) is 17.7 Å². The molecule has 1 fully saturated rings. The molecular weight excluding hydrogens is 311 g/mol. The van der Waals surface area contributed by atoms with Crippen molar-refractivity contribution in [1.29, 1.82) is 0 Å². The minimum absolute atomic E-state index is 0.00293. The molecule has 1 amide bonds. The van der Waals surface area contributed by atoms with Crippen LogP contribution in [-0.4, -0.2) is 55.4 Å². The number of aliphatic hydroxyl groups excluding tert-OH is 1. The Balaban J connectivity index is 1.95. The van der Waals surface area contributed by atoms with Gasteiger partial charge in [-0.05, 0) is 17.7 Å². The van der Waals surface area contributed by atoms with Gasteiger partial charge in [0.25, 0.3) is 0 Å². The van der Waals surface area contributed by atoms with E-state index in [1.165, 1.54) is 19.2 Å². The highest BCUT2D eigenvalue weighted by Crippen LogP contribution is 2.21. The van der Waals surface area contributed by atoms with Gasteiger partial charge in [0.05, 0.1) is 5.02 Å². The summed E-state index contributed by atoms with van der Waals surface area (Å²) in [6.07, 6.45) is 0. The van der Waals surface area contributed by atoms with Crippen LogP contribution >= 0.6 is 11.6 Å². The van der Waals surface area contributed by atoms with Crippen LogP contribution in [0.5, 0.6) is 0 Å². The molecule has 2 atom stereocenters. The Morgan fingerprint density at radius 3 is 2.95 bits per heavy atom. The first-order valence-corrected chi connectivity index (χ1v) is 7.46. The van der Waals surface area contributed by atoms with E-state index in [9.17, 15) is 14.3 Å². The van der Waals surface area contributed by atoms with Crippen molar-refractivity contribution in [2.45, 2.75) is 12.6 Å². The van der Waals surface area contributed by atoms with Crippen molar-refractivity contribution in [2.24, 2.45) is 5.92 Å². The minimum Gasteiger partial charge on any atom is -0.396 e. The number of hydrogen-bond donors (Lipinski definition) is 2. The Labute approximate surface area is 134 Å². The van der Waals surface area contributed by atoms with E-state index in [2.05, 4.69) is 10.2 Å². The maximum atomic E-state index is 13.5. The number of hydrogen-bond acceptors (Lipinski definition) is 4. The zero-order chi connectivity index (χ0) is 16.1. The number of methoxy groups -OCH3 is 1. The monoisotopic (exact) mass is 330 g/mol. The van der Waals surface area contributed by atoms with Crippen LogP contribution in [0.25, 0.3) is 0 Å². The van der Waals surface area contributed by atoms with Crippen LogP contribution in [-0.2, 0) is 16.1 Å². The molecule has 1 aromatic rings. The molecule has 22 heavy (non-hydrogen) atoms. The Hall–Kier alpha value is -1.21. The zero-order valence-electron chi connectivity index (χ0n) is 12.4. The third-order valence-corrected chi connectivity index (χ3v) is 4.07. The molecule has 1 aliphatic rings. The molecule has 1 aromatic carbocycles. The van der Waals surface area contributed by atoms with Crippen LogP contribution in [0.3, 0.4) is 0 Å². The van der Waals surface area contributed by atoms with E-state index in [1.54, 1.807) is 6.07 Å². The topological polar surface area (TPSA) is 61.8 Å². The van der Waals surface area contributed by atoms with Crippen LogP contribution in [0.4, 0.5) is 4.39 Å². The van der Waals surface area contributed by atoms with Gasteiger partial charge in [0.2, 0.25) is 5.91 Å². The second-order valence-corrected chi connectivity index (χ2v) is 5.90. The van der Waals surface area contributed by atoms with Crippen LogP contribution < -0.4 is 5.32 Å². The molecular formula is C15H20ClFN2O3. The van der Waals surface area contributed by atoms with Gasteiger partial charge in [0, 0.05) is 45.3 Å². The van der Waals surface area contributed by atoms with Crippen molar-refractivity contribution in [3.8, 4) is 0 Å². The summed E-state index contributed by atoms with van der Waals surface area (Å²) >= 11 is 5.67. The molecule has 7 heteroatoms. The number of carbonyl (C=O) groups excluding carboxylic acids is 1. The highest BCUT2D eigenvalue weighted by molar-refractivity contribution is 6.30. The Morgan fingerprint density at radius 1 is 1.55 bits per heavy atom. The van der Waals surface area contributed by atoms with Gasteiger partial charge in [0.15, 0.2) is 0 Å². The highest BCUT2D eigenvalue weighted by Gasteiger charge is 2.33. The Kier molecular flexibility index (Phi) is 6.14. The Bertz CT molecular complexity index is 530. The smallest absolute Gasteiger partial charge is 0.246 e. The van der Waals surface area contributed by atoms with Crippen molar-refractivity contribution < 1.29 is 19.0 Å². The number of nitrogens with zero attached hydrogens (tertiary/aromatic N) is 1. The third kappa shape index (κ3) is 4.39. The van der Waals surface area contributed by atoms with Gasteiger partial charge in [-0.2, -0.15) is 0 Å². The first-order valence-electron chi connectivity index (χ1n) is 7.09. The largest absolute Gasteiger partial charge is 0.396 e. The number of likely N-dealkylation sites (tertiary alicyclic amines) is 1. The predicted octanol–water partition coefficient (Wildman–Crippen LogP) is 1.03. The van der Waals surface area contributed by atoms with Crippen molar-refractivity contribution in [2.75, 3.05) is 33.4 Å². The van der Waals surface area contributed by atoms with Gasteiger partial charge in [0.1, 0.15) is 12.4 Å². The molecule has 0 radical (unpaired) electrons. The summed E-state index contributed by atoms with van der Waals surface area (Å²) in [5.41, 5.74) is 0.808. The van der Waals surface area contributed by atoms with E-state index in [0.717, 1.165) is 5.56 Å². The summed E-state index contributed by atoms with van der Waals surface area (Å²) in [6, 6.07) is 4.58. The fraction of sp³-hybridized carbons (Fsp3) is 0.533. The first-order chi connectivity index (χ1) is 10.5. The summed E-state index contributed by atoms with van der Waals surface area (Å²) in [7, 11) is 1.46. The molecule has 0 saturated carbocycles. The fourth-order valence-corrected chi connectivity index (χ4v) is 2.83. The number of nitrogens with one attached hydrogen (secondary N) is 1. The van der Waals surface area contributed by atoms with Crippen molar-refractivity contribution in [3.63, 3.8) is 0 Å². The van der Waals surface area contributed by atoms with Gasteiger partial charge in [-0.3, -0.25) is 9.69 Å². The fourth-order valence-electron chi connectivity index (χ4n) is 2.71. The number of halogens is 2. The van der Waals surface area contributed by atoms with E-state index in [4.69, 9.17) is 16.3 Å². The van der Waals surface area contributed by atoms with Gasteiger partial charge < -0.3 is 15.2 Å². The first kappa shape index (κ1) is 17.1. The molecule has 0 bridgehead atoms. The average Bonchev–Trinajstić information content (AvgIpc) is 2.84. The molecule has 0 aliphatic carbocycles. The summed E-state index contributed by atoms with van der Waals surface area (Å²) in [6.45, 7) is 1.77. The quantitative estimate of drug-likeness (QED) is 0.818. The van der Waals surface area contributed by atoms with Crippen LogP contribution in [0.1, 0.15) is 5.56 Å². The van der Waals surface area contributed by atoms with Crippen LogP contribution in [0, 0.1) is 11.7 Å². The summed E-state index contributed by atoms with van der Waals surface area (Å²) in [4.78, 5) is 13.7. The highest BCUT2D eigenvalue weighted by atomic mass is 35.5. The van der Waals surface area contributed by atoms with E-state index < -0.39 is 5.82 Å². The van der Waals surface area contributed by atoms with Crippen LogP contribution in [0.2, 0.25) is 5.02 Å². The van der Waals surface area contributed by atoms with Crippen molar-refractivity contribution in [3.05, 3.63) is 34.6 Å². The predicted molar refractivity (Wildman–Crippen MR) is 81.1 cm³/mol. The average molecular weight is 331 g/mol. The number of ether oxygens (including phenoxy) is 1. The molecule has 2 rings (SSSR count). The lowest BCUT2D eigenvalue weighted by Gasteiger charge is -2.18. The minimum atomic E-state index is -0.443. The van der Waals surface area contributed by atoms with Gasteiger partial charge in [-0.15, -0.1) is 0 Å². The summed E-state index contributed by atoms with van der Waals surface area (Å²) < 4.78 is 18.3. The van der Waals surface area contributed by atoms with Gasteiger partial charge >= 0.3 is 0 Å².